The molecule has 0 N–H and O–H groups in total. The van der Waals surface area contributed by atoms with Gasteiger partial charge in [0, 0.05) is 43.6 Å². The van der Waals surface area contributed by atoms with Gasteiger partial charge >= 0.3 is 0 Å². The average Bonchev–Trinajstić information content (AvgIpc) is 2.28. The molecule has 102 valence electrons. The van der Waals surface area contributed by atoms with Crippen LogP contribution in [0.25, 0.3) is 0 Å². The standard InChI is InChI=1S/C14H29BrN2/c1-5-6-13(11-15)12-16-7-9-17(10-8-16)14(2,3)4/h13H,5-12H2,1-4H3. The molecule has 17 heavy (non-hydrogen) atoms. The Morgan fingerprint density at radius 2 is 1.71 bits per heavy atom. The van der Waals surface area contributed by atoms with E-state index in [4.69, 9.17) is 0 Å². The minimum Gasteiger partial charge on any atom is -0.300 e. The van der Waals surface area contributed by atoms with E-state index < -0.39 is 0 Å². The zero-order chi connectivity index (χ0) is 12.9. The van der Waals surface area contributed by atoms with Crippen molar-refractivity contribution in [3.8, 4) is 0 Å². The Hall–Kier alpha value is 0.400. The van der Waals surface area contributed by atoms with E-state index in [0.717, 1.165) is 11.2 Å². The smallest absolute Gasteiger partial charge is 0.0126 e. The second-order valence-corrected chi connectivity index (χ2v) is 6.91. The zero-order valence-electron chi connectivity index (χ0n) is 12.0. The van der Waals surface area contributed by atoms with Crippen LogP contribution >= 0.6 is 15.9 Å². The first kappa shape index (κ1) is 15.5. The van der Waals surface area contributed by atoms with Crippen LogP contribution in [0.2, 0.25) is 0 Å². The minimum atomic E-state index is 0.338. The minimum absolute atomic E-state index is 0.338. The molecule has 1 unspecified atom stereocenters. The molecule has 0 aliphatic carbocycles. The number of hydrogen-bond donors (Lipinski definition) is 0. The van der Waals surface area contributed by atoms with Gasteiger partial charge in [-0.05, 0) is 33.1 Å². The van der Waals surface area contributed by atoms with Gasteiger partial charge in [-0.15, -0.1) is 0 Å². The SMILES string of the molecule is CCCC(CBr)CN1CCN(C(C)(C)C)CC1. The summed E-state index contributed by atoms with van der Waals surface area (Å²) in [7, 11) is 0. The van der Waals surface area contributed by atoms with Gasteiger partial charge in [-0.1, -0.05) is 29.3 Å². The van der Waals surface area contributed by atoms with Crippen molar-refractivity contribution in [1.29, 1.82) is 0 Å². The van der Waals surface area contributed by atoms with Gasteiger partial charge in [0.05, 0.1) is 0 Å². The molecule has 1 aliphatic rings. The predicted molar refractivity (Wildman–Crippen MR) is 80.0 cm³/mol. The number of piperazine rings is 1. The molecule has 1 fully saturated rings. The van der Waals surface area contributed by atoms with E-state index in [1.54, 1.807) is 0 Å². The molecule has 1 aliphatic heterocycles. The summed E-state index contributed by atoms with van der Waals surface area (Å²) < 4.78 is 0. The molecule has 1 rings (SSSR count). The Kier molecular flexibility index (Phi) is 6.46. The Labute approximate surface area is 116 Å². The summed E-state index contributed by atoms with van der Waals surface area (Å²) in [5.74, 6) is 0.834. The number of nitrogens with zero attached hydrogens (tertiary/aromatic N) is 2. The highest BCUT2D eigenvalue weighted by Crippen LogP contribution is 2.18. The summed E-state index contributed by atoms with van der Waals surface area (Å²) in [5.41, 5.74) is 0.338. The molecule has 0 spiro atoms. The van der Waals surface area contributed by atoms with Gasteiger partial charge < -0.3 is 4.90 Å². The summed E-state index contributed by atoms with van der Waals surface area (Å²) in [6.07, 6.45) is 2.66. The van der Waals surface area contributed by atoms with Crippen LogP contribution in [0.3, 0.4) is 0 Å². The zero-order valence-corrected chi connectivity index (χ0v) is 13.6. The van der Waals surface area contributed by atoms with Crippen LogP contribution in [-0.4, -0.2) is 53.4 Å². The highest BCUT2D eigenvalue weighted by atomic mass is 79.9. The van der Waals surface area contributed by atoms with Crippen LogP contribution in [0.15, 0.2) is 0 Å². The first-order chi connectivity index (χ1) is 7.97. The summed E-state index contributed by atoms with van der Waals surface area (Å²) >= 11 is 3.65. The van der Waals surface area contributed by atoms with Gasteiger partial charge in [-0.25, -0.2) is 0 Å². The second kappa shape index (κ2) is 7.10. The van der Waals surface area contributed by atoms with E-state index in [0.29, 0.717) is 5.54 Å². The van der Waals surface area contributed by atoms with E-state index in [9.17, 15) is 0 Å². The lowest BCUT2D eigenvalue weighted by Crippen LogP contribution is -2.54. The van der Waals surface area contributed by atoms with Gasteiger partial charge in [-0.3, -0.25) is 4.90 Å². The van der Waals surface area contributed by atoms with Gasteiger partial charge in [0.25, 0.3) is 0 Å². The van der Waals surface area contributed by atoms with Crippen LogP contribution in [0, 0.1) is 5.92 Å². The molecule has 1 heterocycles. The number of halogens is 1. The fourth-order valence-electron chi connectivity index (χ4n) is 2.59. The van der Waals surface area contributed by atoms with E-state index in [2.05, 4.69) is 53.4 Å². The highest BCUT2D eigenvalue weighted by Gasteiger charge is 2.26. The van der Waals surface area contributed by atoms with Gasteiger partial charge in [0.15, 0.2) is 0 Å². The number of hydrogen-bond acceptors (Lipinski definition) is 2. The maximum Gasteiger partial charge on any atom is 0.0126 e. The van der Waals surface area contributed by atoms with Crippen molar-refractivity contribution < 1.29 is 0 Å². The van der Waals surface area contributed by atoms with E-state index >= 15 is 0 Å². The van der Waals surface area contributed by atoms with E-state index in [-0.39, 0.29) is 0 Å². The molecular formula is C14H29BrN2. The van der Waals surface area contributed by atoms with E-state index in [1.165, 1.54) is 45.6 Å². The summed E-state index contributed by atoms with van der Waals surface area (Å²) in [6.45, 7) is 15.5. The van der Waals surface area contributed by atoms with Crippen LogP contribution in [-0.2, 0) is 0 Å². The van der Waals surface area contributed by atoms with Crippen LogP contribution < -0.4 is 0 Å². The maximum absolute atomic E-state index is 3.65. The summed E-state index contributed by atoms with van der Waals surface area (Å²) in [6, 6.07) is 0. The normalized spacial score (nSPS) is 21.7. The predicted octanol–water partition coefficient (Wildman–Crippen LogP) is 3.21. The van der Waals surface area contributed by atoms with Crippen LogP contribution in [0.4, 0.5) is 0 Å². The number of alkyl halides is 1. The van der Waals surface area contributed by atoms with Crippen molar-refractivity contribution in [2.24, 2.45) is 5.92 Å². The molecule has 0 aromatic rings. The lowest BCUT2D eigenvalue weighted by atomic mass is 10.0. The van der Waals surface area contributed by atoms with Crippen molar-refractivity contribution in [2.75, 3.05) is 38.1 Å². The molecule has 3 heteroatoms. The van der Waals surface area contributed by atoms with Gasteiger partial charge in [-0.2, -0.15) is 0 Å². The van der Waals surface area contributed by atoms with Crippen molar-refractivity contribution in [3.05, 3.63) is 0 Å². The Morgan fingerprint density at radius 3 is 2.12 bits per heavy atom. The quantitative estimate of drug-likeness (QED) is 0.720. The maximum atomic E-state index is 3.65. The highest BCUT2D eigenvalue weighted by molar-refractivity contribution is 9.09. The molecule has 0 bridgehead atoms. The Morgan fingerprint density at radius 1 is 1.12 bits per heavy atom. The lowest BCUT2D eigenvalue weighted by molar-refractivity contribution is 0.0562. The summed E-state index contributed by atoms with van der Waals surface area (Å²) in [4.78, 5) is 5.25. The van der Waals surface area contributed by atoms with Gasteiger partial charge in [0.1, 0.15) is 0 Å². The third-order valence-electron chi connectivity index (χ3n) is 3.75. The van der Waals surface area contributed by atoms with Crippen molar-refractivity contribution >= 4 is 15.9 Å². The monoisotopic (exact) mass is 304 g/mol. The fourth-order valence-corrected chi connectivity index (χ4v) is 3.12. The van der Waals surface area contributed by atoms with Crippen LogP contribution in [0.5, 0.6) is 0 Å². The van der Waals surface area contributed by atoms with Crippen molar-refractivity contribution in [1.82, 2.24) is 9.80 Å². The first-order valence-electron chi connectivity index (χ1n) is 7.00. The van der Waals surface area contributed by atoms with Crippen LogP contribution in [0.1, 0.15) is 40.5 Å². The average molecular weight is 305 g/mol. The number of rotatable bonds is 5. The topological polar surface area (TPSA) is 6.48 Å². The third kappa shape index (κ3) is 5.27. The summed E-state index contributed by atoms with van der Waals surface area (Å²) in [5, 5.41) is 1.15. The molecular weight excluding hydrogens is 276 g/mol. The Bertz CT molecular complexity index is 205. The molecule has 2 nitrogen and oxygen atoms in total. The second-order valence-electron chi connectivity index (χ2n) is 6.27. The van der Waals surface area contributed by atoms with Crippen molar-refractivity contribution in [2.45, 2.75) is 46.1 Å². The molecule has 1 atom stereocenters. The van der Waals surface area contributed by atoms with Gasteiger partial charge in [0.2, 0.25) is 0 Å². The van der Waals surface area contributed by atoms with Crippen molar-refractivity contribution in [3.63, 3.8) is 0 Å². The fraction of sp³-hybridized carbons (Fsp3) is 1.00. The lowest BCUT2D eigenvalue weighted by Gasteiger charge is -2.43. The molecule has 0 saturated carbocycles. The van der Waals surface area contributed by atoms with E-state index in [1.807, 2.05) is 0 Å². The first-order valence-corrected chi connectivity index (χ1v) is 8.13. The molecule has 0 aromatic heterocycles. The molecule has 0 aromatic carbocycles. The Balaban J connectivity index is 2.31. The third-order valence-corrected chi connectivity index (χ3v) is 4.67. The molecule has 1 saturated heterocycles. The molecule has 0 amide bonds. The molecule has 0 radical (unpaired) electrons. The largest absolute Gasteiger partial charge is 0.300 e.